The van der Waals surface area contributed by atoms with Crippen LogP contribution in [-0.2, 0) is 17.9 Å². The third kappa shape index (κ3) is 5.85. The monoisotopic (exact) mass is 516 g/mol. The van der Waals surface area contributed by atoms with E-state index < -0.39 is 6.36 Å². The summed E-state index contributed by atoms with van der Waals surface area (Å²) in [6.07, 6.45) is 1.66. The Morgan fingerprint density at radius 1 is 1.19 bits per heavy atom. The highest BCUT2D eigenvalue weighted by Crippen LogP contribution is 2.29. The van der Waals surface area contributed by atoms with E-state index >= 15 is 0 Å². The van der Waals surface area contributed by atoms with Gasteiger partial charge in [0.15, 0.2) is 5.84 Å². The van der Waals surface area contributed by atoms with E-state index in [9.17, 15) is 9.18 Å². The second-order valence-corrected chi connectivity index (χ2v) is 10.5. The largest absolute Gasteiger partial charge is 0.457 e. The average molecular weight is 517 g/mol. The van der Waals surface area contributed by atoms with Crippen molar-refractivity contribution in [1.29, 1.82) is 0 Å². The lowest BCUT2D eigenvalue weighted by Crippen LogP contribution is -2.27. The van der Waals surface area contributed by atoms with Gasteiger partial charge in [0.05, 0.1) is 29.5 Å². The fraction of sp³-hybridized carbons (Fsp3) is 0.310. The smallest absolute Gasteiger partial charge is 0.257 e. The topological polar surface area (TPSA) is 67.2 Å². The Kier molecular flexibility index (Phi) is 7.55. The zero-order valence-electron chi connectivity index (χ0n) is 20.8. The summed E-state index contributed by atoms with van der Waals surface area (Å²) < 4.78 is 18.6. The van der Waals surface area contributed by atoms with E-state index in [1.807, 2.05) is 42.2 Å². The summed E-state index contributed by atoms with van der Waals surface area (Å²) in [6, 6.07) is 17.2. The molecule has 0 radical (unpaired) electrons. The van der Waals surface area contributed by atoms with Crippen molar-refractivity contribution in [2.75, 3.05) is 6.54 Å². The van der Waals surface area contributed by atoms with E-state index in [2.05, 4.69) is 23.7 Å². The first-order valence-corrected chi connectivity index (χ1v) is 13.3. The van der Waals surface area contributed by atoms with Gasteiger partial charge in [0.2, 0.25) is 5.91 Å². The molecule has 3 heterocycles. The Morgan fingerprint density at radius 2 is 1.97 bits per heavy atom. The molecular weight excluding hydrogens is 487 g/mol. The van der Waals surface area contributed by atoms with E-state index in [1.54, 1.807) is 23.5 Å². The lowest BCUT2D eigenvalue weighted by molar-refractivity contribution is -0.131. The van der Waals surface area contributed by atoms with Gasteiger partial charge in [-0.05, 0) is 55.7 Å². The van der Waals surface area contributed by atoms with E-state index in [-0.39, 0.29) is 11.8 Å². The van der Waals surface area contributed by atoms with Gasteiger partial charge in [-0.3, -0.25) is 9.79 Å². The number of ether oxygens (including phenoxy) is 1. The summed E-state index contributed by atoms with van der Waals surface area (Å²) >= 11 is 1.68. The molecule has 0 spiro atoms. The minimum Gasteiger partial charge on any atom is -0.457 e. The molecule has 2 unspecified atom stereocenters. The number of halogens is 1. The van der Waals surface area contributed by atoms with Gasteiger partial charge in [-0.25, -0.2) is 9.98 Å². The summed E-state index contributed by atoms with van der Waals surface area (Å²) in [5, 5.41) is 1.06. The van der Waals surface area contributed by atoms with Crippen LogP contribution in [0.25, 0.3) is 0 Å². The zero-order chi connectivity index (χ0) is 25.8. The molecule has 0 aliphatic carbocycles. The van der Waals surface area contributed by atoms with Gasteiger partial charge in [-0.15, -0.1) is 11.3 Å². The van der Waals surface area contributed by atoms with Crippen molar-refractivity contribution in [3.63, 3.8) is 0 Å². The molecule has 8 heteroatoms. The molecule has 2 aliphatic heterocycles. The van der Waals surface area contributed by atoms with E-state index in [0.717, 1.165) is 46.5 Å². The minimum absolute atomic E-state index is 0.131. The van der Waals surface area contributed by atoms with Crippen molar-refractivity contribution >= 4 is 28.8 Å². The quantitative estimate of drug-likeness (QED) is 0.333. The molecule has 5 rings (SSSR count). The Balaban J connectivity index is 1.24. The third-order valence-electron chi connectivity index (χ3n) is 6.55. The van der Waals surface area contributed by atoms with Crippen molar-refractivity contribution in [3.8, 4) is 5.75 Å². The van der Waals surface area contributed by atoms with Gasteiger partial charge in [0.1, 0.15) is 5.75 Å². The van der Waals surface area contributed by atoms with Gasteiger partial charge in [0.25, 0.3) is 6.36 Å². The number of aromatic nitrogens is 1. The van der Waals surface area contributed by atoms with Crippen LogP contribution in [0.4, 0.5) is 4.39 Å². The van der Waals surface area contributed by atoms with Crippen LogP contribution < -0.4 is 4.74 Å². The molecule has 0 N–H and O–H groups in total. The van der Waals surface area contributed by atoms with Crippen LogP contribution in [0.1, 0.15) is 46.0 Å². The Morgan fingerprint density at radius 3 is 2.70 bits per heavy atom. The number of nitrogens with zero attached hydrogens (tertiary/aromatic N) is 4. The molecule has 1 aromatic heterocycles. The molecule has 2 aromatic carbocycles. The minimum atomic E-state index is -1.55. The Bertz CT molecular complexity index is 1310. The van der Waals surface area contributed by atoms with Crippen molar-refractivity contribution < 1.29 is 13.9 Å². The molecule has 2 aliphatic rings. The van der Waals surface area contributed by atoms with Crippen LogP contribution in [-0.4, -0.2) is 40.2 Å². The molecule has 0 saturated heterocycles. The SMILES string of the molecule is C=CC(F)Oc1ccc(C2=NCC(CCCC(=O)N3Cc4nc(C)sc4C3)C(c3ccccc3)=N2)cc1. The second-order valence-electron chi connectivity index (χ2n) is 9.20. The van der Waals surface area contributed by atoms with Crippen LogP contribution in [0.5, 0.6) is 5.75 Å². The molecule has 1 amide bonds. The van der Waals surface area contributed by atoms with Crippen molar-refractivity contribution in [2.45, 2.75) is 45.6 Å². The fourth-order valence-electron chi connectivity index (χ4n) is 4.68. The first kappa shape index (κ1) is 25.0. The molecule has 0 fully saturated rings. The standard InChI is InChI=1S/C29H29FN4O2S/c1-3-26(30)36-23-14-12-21(13-15-23)29-31-16-22(28(33-29)20-8-5-4-6-9-20)10-7-11-27(35)34-17-24-25(18-34)37-19(2)32-24/h3-6,8-9,12-15,22,26H,1,7,10-11,16-18H2,2H3. The van der Waals surface area contributed by atoms with Crippen LogP contribution in [0.2, 0.25) is 0 Å². The molecule has 0 saturated carbocycles. The predicted octanol–water partition coefficient (Wildman–Crippen LogP) is 5.89. The normalized spacial score (nSPS) is 17.6. The van der Waals surface area contributed by atoms with Gasteiger partial charge in [0, 0.05) is 29.3 Å². The molecule has 6 nitrogen and oxygen atoms in total. The summed E-state index contributed by atoms with van der Waals surface area (Å²) in [5.74, 6) is 1.37. The first-order chi connectivity index (χ1) is 18.0. The number of benzene rings is 2. The zero-order valence-corrected chi connectivity index (χ0v) is 21.6. The third-order valence-corrected chi connectivity index (χ3v) is 7.54. The van der Waals surface area contributed by atoms with Crippen LogP contribution in [0, 0.1) is 12.8 Å². The van der Waals surface area contributed by atoms with Crippen LogP contribution >= 0.6 is 11.3 Å². The summed E-state index contributed by atoms with van der Waals surface area (Å²) in [7, 11) is 0. The first-order valence-electron chi connectivity index (χ1n) is 12.5. The van der Waals surface area contributed by atoms with E-state index in [4.69, 9.17) is 14.7 Å². The summed E-state index contributed by atoms with van der Waals surface area (Å²) in [5.41, 5.74) is 3.93. The number of hydrogen-bond donors (Lipinski definition) is 0. The predicted molar refractivity (Wildman–Crippen MR) is 145 cm³/mol. The lowest BCUT2D eigenvalue weighted by Gasteiger charge is -2.23. The second kappa shape index (κ2) is 11.2. The number of alkyl halides is 1. The maximum atomic E-state index is 13.4. The van der Waals surface area contributed by atoms with Crippen molar-refractivity contribution in [3.05, 3.63) is 94.0 Å². The van der Waals surface area contributed by atoms with Crippen molar-refractivity contribution in [1.82, 2.24) is 9.88 Å². The fourth-order valence-corrected chi connectivity index (χ4v) is 5.64. The van der Waals surface area contributed by atoms with E-state index in [1.165, 1.54) is 4.88 Å². The highest BCUT2D eigenvalue weighted by Gasteiger charge is 2.27. The summed E-state index contributed by atoms with van der Waals surface area (Å²) in [4.78, 5) is 30.2. The van der Waals surface area contributed by atoms with Gasteiger partial charge in [-0.2, -0.15) is 4.39 Å². The van der Waals surface area contributed by atoms with Gasteiger partial charge < -0.3 is 9.64 Å². The lowest BCUT2D eigenvalue weighted by atomic mass is 9.90. The molecule has 3 aromatic rings. The number of amidine groups is 1. The number of aryl methyl sites for hydroxylation is 1. The van der Waals surface area contributed by atoms with E-state index in [0.29, 0.717) is 37.6 Å². The van der Waals surface area contributed by atoms with Crippen LogP contribution in [0.3, 0.4) is 0 Å². The highest BCUT2D eigenvalue weighted by molar-refractivity contribution is 7.11. The van der Waals surface area contributed by atoms with Crippen molar-refractivity contribution in [2.24, 2.45) is 15.9 Å². The maximum absolute atomic E-state index is 13.4. The van der Waals surface area contributed by atoms with Gasteiger partial charge in [-0.1, -0.05) is 36.9 Å². The number of rotatable bonds is 9. The number of amides is 1. The molecule has 0 bridgehead atoms. The number of thiazole rings is 1. The Labute approximate surface area is 220 Å². The number of fused-ring (bicyclic) bond motifs is 1. The molecular formula is C29H29FN4O2S. The van der Waals surface area contributed by atoms with Gasteiger partial charge >= 0.3 is 0 Å². The average Bonchev–Trinajstić information content (AvgIpc) is 3.47. The van der Waals surface area contributed by atoms with Crippen LogP contribution in [0.15, 0.2) is 77.2 Å². The Hall–Kier alpha value is -3.65. The number of carbonyl (C=O) groups is 1. The number of hydrogen-bond acceptors (Lipinski definition) is 6. The number of aliphatic imine (C=N–C) groups is 2. The highest BCUT2D eigenvalue weighted by atomic mass is 32.1. The number of carbonyl (C=O) groups excluding carboxylic acids is 1. The summed E-state index contributed by atoms with van der Waals surface area (Å²) in [6.45, 7) is 7.30. The maximum Gasteiger partial charge on any atom is 0.257 e. The molecule has 37 heavy (non-hydrogen) atoms. The molecule has 2 atom stereocenters. The molecule has 190 valence electrons.